The molecule has 19 heavy (non-hydrogen) atoms. The lowest BCUT2D eigenvalue weighted by atomic mass is 9.94. The van der Waals surface area contributed by atoms with Gasteiger partial charge in [0.15, 0.2) is 5.78 Å². The molecule has 2 unspecified atom stereocenters. The summed E-state index contributed by atoms with van der Waals surface area (Å²) in [7, 11) is 0. The van der Waals surface area contributed by atoms with Gasteiger partial charge < -0.3 is 21.1 Å². The van der Waals surface area contributed by atoms with Crippen LogP contribution in [0.3, 0.4) is 0 Å². The van der Waals surface area contributed by atoms with Crippen molar-refractivity contribution < 1.29 is 24.9 Å². The number of aromatic hydroxyl groups is 1. The smallest absolute Gasteiger partial charge is 0.220 e. The number of phenolic OH excluding ortho intramolecular Hbond substituents is 1. The van der Waals surface area contributed by atoms with Crippen LogP contribution in [0.15, 0.2) is 12.1 Å². The highest BCUT2D eigenvalue weighted by molar-refractivity contribution is 5.97. The molecular weight excluding hydrogens is 250 g/mol. The van der Waals surface area contributed by atoms with Crippen LogP contribution in [0.5, 0.6) is 5.75 Å². The third-order valence-electron chi connectivity index (χ3n) is 2.86. The fourth-order valence-electron chi connectivity index (χ4n) is 1.84. The first kappa shape index (κ1) is 15.1. The van der Waals surface area contributed by atoms with Crippen molar-refractivity contribution in [1.82, 2.24) is 0 Å². The molecular formula is C13H17NO5. The maximum atomic E-state index is 11.2. The summed E-state index contributed by atoms with van der Waals surface area (Å²) in [6, 6.07) is 2.63. The van der Waals surface area contributed by atoms with Gasteiger partial charge in [-0.1, -0.05) is 0 Å². The number of amides is 1. The molecule has 6 heteroatoms. The minimum Gasteiger partial charge on any atom is -0.507 e. The van der Waals surface area contributed by atoms with Crippen LogP contribution in [0.1, 0.15) is 40.9 Å². The molecule has 0 aliphatic carbocycles. The molecule has 0 spiro atoms. The van der Waals surface area contributed by atoms with Crippen LogP contribution in [0.25, 0.3) is 0 Å². The number of hydrogen-bond donors (Lipinski definition) is 4. The van der Waals surface area contributed by atoms with Gasteiger partial charge in [-0.2, -0.15) is 0 Å². The molecule has 0 aliphatic heterocycles. The fraction of sp³-hybridized carbons (Fsp3) is 0.385. The van der Waals surface area contributed by atoms with E-state index in [0.717, 1.165) is 0 Å². The van der Waals surface area contributed by atoms with Crippen LogP contribution < -0.4 is 5.73 Å². The lowest BCUT2D eigenvalue weighted by Crippen LogP contribution is -2.26. The summed E-state index contributed by atoms with van der Waals surface area (Å²) in [5.41, 5.74) is 5.85. The molecule has 5 N–H and O–H groups in total. The molecule has 0 radical (unpaired) electrons. The van der Waals surface area contributed by atoms with Gasteiger partial charge in [0.2, 0.25) is 5.91 Å². The standard InChI is InChI=1S/C13H17NO5/c1-6-3-9(7(2)15)10(16)4-8(6)13(19)11(17)5-12(14)18/h3-4,11,13,16-17,19H,5H2,1-2H3,(H2,14,18). The van der Waals surface area contributed by atoms with Gasteiger partial charge in [0, 0.05) is 0 Å². The Bertz CT molecular complexity index is 512. The van der Waals surface area contributed by atoms with E-state index in [1.165, 1.54) is 19.1 Å². The van der Waals surface area contributed by atoms with E-state index in [1.807, 2.05) is 0 Å². The van der Waals surface area contributed by atoms with Crippen LogP contribution >= 0.6 is 0 Å². The van der Waals surface area contributed by atoms with Gasteiger partial charge in [-0.3, -0.25) is 9.59 Å². The van der Waals surface area contributed by atoms with Gasteiger partial charge >= 0.3 is 0 Å². The van der Waals surface area contributed by atoms with Gasteiger partial charge in [0.05, 0.1) is 18.1 Å². The van der Waals surface area contributed by atoms with E-state index in [2.05, 4.69) is 0 Å². The average molecular weight is 267 g/mol. The van der Waals surface area contributed by atoms with E-state index in [1.54, 1.807) is 6.92 Å². The molecule has 0 saturated heterocycles. The Labute approximate surface area is 110 Å². The number of hydrogen-bond acceptors (Lipinski definition) is 5. The predicted octanol–water partition coefficient (Wildman–Crippen LogP) is 0.173. The normalized spacial score (nSPS) is 13.9. The molecule has 0 aromatic heterocycles. The Morgan fingerprint density at radius 1 is 1.32 bits per heavy atom. The first-order chi connectivity index (χ1) is 8.73. The summed E-state index contributed by atoms with van der Waals surface area (Å²) >= 11 is 0. The third-order valence-corrected chi connectivity index (χ3v) is 2.86. The molecule has 1 aromatic carbocycles. The van der Waals surface area contributed by atoms with E-state index in [9.17, 15) is 24.9 Å². The second-order valence-corrected chi connectivity index (χ2v) is 4.46. The van der Waals surface area contributed by atoms with Crippen LogP contribution in [0.2, 0.25) is 0 Å². The number of nitrogens with two attached hydrogens (primary N) is 1. The largest absolute Gasteiger partial charge is 0.507 e. The first-order valence-corrected chi connectivity index (χ1v) is 5.73. The predicted molar refractivity (Wildman–Crippen MR) is 67.6 cm³/mol. The number of carbonyl (C=O) groups excluding carboxylic acids is 2. The summed E-state index contributed by atoms with van der Waals surface area (Å²) in [5, 5.41) is 29.2. The number of aliphatic hydroxyl groups is 2. The van der Waals surface area contributed by atoms with Gasteiger partial charge in [-0.15, -0.1) is 0 Å². The summed E-state index contributed by atoms with van der Waals surface area (Å²) < 4.78 is 0. The Balaban J connectivity index is 3.11. The molecule has 1 rings (SSSR count). The summed E-state index contributed by atoms with van der Waals surface area (Å²) in [5.74, 6) is -1.33. The minimum atomic E-state index is -1.36. The highest BCUT2D eigenvalue weighted by Gasteiger charge is 2.23. The Hall–Kier alpha value is -1.92. The molecule has 1 amide bonds. The Morgan fingerprint density at radius 2 is 1.89 bits per heavy atom. The monoisotopic (exact) mass is 267 g/mol. The van der Waals surface area contributed by atoms with Gasteiger partial charge in [0.1, 0.15) is 11.9 Å². The first-order valence-electron chi connectivity index (χ1n) is 5.73. The van der Waals surface area contributed by atoms with E-state index < -0.39 is 24.5 Å². The van der Waals surface area contributed by atoms with Crippen molar-refractivity contribution >= 4 is 11.7 Å². The zero-order valence-electron chi connectivity index (χ0n) is 10.8. The van der Waals surface area contributed by atoms with Crippen molar-refractivity contribution in [2.75, 3.05) is 0 Å². The quantitative estimate of drug-likeness (QED) is 0.567. The SMILES string of the molecule is CC(=O)c1cc(C)c(C(O)C(O)CC(N)=O)cc1O. The van der Waals surface area contributed by atoms with Gasteiger partial charge in [-0.25, -0.2) is 0 Å². The van der Waals surface area contributed by atoms with Crippen molar-refractivity contribution in [3.8, 4) is 5.75 Å². The van der Waals surface area contributed by atoms with Crippen molar-refractivity contribution in [2.24, 2.45) is 5.73 Å². The molecule has 0 fully saturated rings. The Kier molecular flexibility index (Phi) is 4.63. The van der Waals surface area contributed by atoms with Crippen molar-refractivity contribution in [3.05, 3.63) is 28.8 Å². The highest BCUT2D eigenvalue weighted by atomic mass is 16.3. The number of Topliss-reactive ketones (excluding diaryl/α,β-unsaturated/α-hetero) is 1. The average Bonchev–Trinajstić information content (AvgIpc) is 2.29. The van der Waals surface area contributed by atoms with Crippen LogP contribution in [0, 0.1) is 6.92 Å². The van der Waals surface area contributed by atoms with Gasteiger partial charge in [-0.05, 0) is 37.1 Å². The maximum Gasteiger partial charge on any atom is 0.220 e. The number of aryl methyl sites for hydroxylation is 1. The number of benzene rings is 1. The number of phenols is 1. The number of primary amides is 1. The molecule has 0 heterocycles. The summed E-state index contributed by atoms with van der Waals surface area (Å²) in [6.07, 6.45) is -3.12. The van der Waals surface area contributed by atoms with E-state index in [4.69, 9.17) is 5.73 Å². The van der Waals surface area contributed by atoms with Crippen molar-refractivity contribution in [1.29, 1.82) is 0 Å². The second kappa shape index (κ2) is 5.81. The topological polar surface area (TPSA) is 121 Å². The third kappa shape index (κ3) is 3.52. The van der Waals surface area contributed by atoms with E-state index in [0.29, 0.717) is 5.56 Å². The molecule has 2 atom stereocenters. The number of ketones is 1. The zero-order chi connectivity index (χ0) is 14.7. The summed E-state index contributed by atoms with van der Waals surface area (Å²) in [4.78, 5) is 21.9. The zero-order valence-corrected chi connectivity index (χ0v) is 10.8. The lowest BCUT2D eigenvalue weighted by Gasteiger charge is -2.19. The number of rotatable bonds is 5. The molecule has 1 aromatic rings. The number of carbonyl (C=O) groups is 2. The minimum absolute atomic E-state index is 0.137. The molecule has 104 valence electrons. The molecule has 0 saturated carbocycles. The van der Waals surface area contributed by atoms with Crippen LogP contribution in [0.4, 0.5) is 0 Å². The molecule has 6 nitrogen and oxygen atoms in total. The lowest BCUT2D eigenvalue weighted by molar-refractivity contribution is -0.121. The molecule has 0 bridgehead atoms. The Morgan fingerprint density at radius 3 is 2.37 bits per heavy atom. The van der Waals surface area contributed by atoms with E-state index in [-0.39, 0.29) is 22.7 Å². The summed E-state index contributed by atoms with van der Waals surface area (Å²) in [6.45, 7) is 2.94. The fourth-order valence-corrected chi connectivity index (χ4v) is 1.84. The highest BCUT2D eigenvalue weighted by Crippen LogP contribution is 2.29. The van der Waals surface area contributed by atoms with Crippen molar-refractivity contribution in [3.63, 3.8) is 0 Å². The van der Waals surface area contributed by atoms with Crippen LogP contribution in [-0.2, 0) is 4.79 Å². The maximum absolute atomic E-state index is 11.2. The number of aliphatic hydroxyl groups excluding tert-OH is 2. The van der Waals surface area contributed by atoms with E-state index >= 15 is 0 Å². The van der Waals surface area contributed by atoms with Gasteiger partial charge in [0.25, 0.3) is 0 Å². The second-order valence-electron chi connectivity index (χ2n) is 4.46. The van der Waals surface area contributed by atoms with Crippen LogP contribution in [-0.4, -0.2) is 33.1 Å². The molecule has 0 aliphatic rings. The van der Waals surface area contributed by atoms with Crippen molar-refractivity contribution in [2.45, 2.75) is 32.5 Å².